The fraction of sp³-hybridized carbons (Fsp3) is 0.125. The molecule has 1 N–H and O–H groups in total. The minimum absolute atomic E-state index is 0.148. The van der Waals surface area contributed by atoms with Crippen molar-refractivity contribution in [1.29, 1.82) is 0 Å². The number of ether oxygens (including phenoxy) is 1. The van der Waals surface area contributed by atoms with Crippen molar-refractivity contribution in [3.8, 4) is 5.75 Å². The number of rotatable bonds is 7. The third-order valence-electron chi connectivity index (χ3n) is 4.92. The highest BCUT2D eigenvalue weighted by Gasteiger charge is 2.26. The van der Waals surface area contributed by atoms with Gasteiger partial charge in [-0.1, -0.05) is 77.7 Å². The van der Waals surface area contributed by atoms with Crippen molar-refractivity contribution < 1.29 is 9.53 Å². The summed E-state index contributed by atoms with van der Waals surface area (Å²) in [7, 11) is 0. The molecule has 160 valence electrons. The second kappa shape index (κ2) is 9.02. The van der Waals surface area contributed by atoms with Gasteiger partial charge in [0.25, 0.3) is 0 Å². The minimum atomic E-state index is -0.517. The van der Waals surface area contributed by atoms with Gasteiger partial charge < -0.3 is 10.1 Å². The number of hydrogen-bond donors (Lipinski definition) is 1. The molecule has 0 saturated carbocycles. The van der Waals surface area contributed by atoms with Crippen LogP contribution in [0.1, 0.15) is 17.7 Å². The predicted octanol–water partition coefficient (Wildman–Crippen LogP) is 5.81. The smallest absolute Gasteiger partial charge is 0.242 e. The standard InChI is InChI=1S/C24H20N4O2S2/c1-2-30-19-14-8-6-12-17(19)25-22(29)21(16-10-4-3-5-11-16)32-24-27-26-23-28(24)18-13-7-9-15-20(18)31-23/h3-15,21H,2H2,1H3,(H,25,29)/t21-/m1/s1. The summed E-state index contributed by atoms with van der Waals surface area (Å²) >= 11 is 2.97. The van der Waals surface area contributed by atoms with E-state index >= 15 is 0 Å². The number of carbonyl (C=O) groups is 1. The summed E-state index contributed by atoms with van der Waals surface area (Å²) in [5.74, 6) is 0.499. The van der Waals surface area contributed by atoms with Crippen LogP contribution in [0.5, 0.6) is 5.75 Å². The monoisotopic (exact) mass is 460 g/mol. The summed E-state index contributed by atoms with van der Waals surface area (Å²) in [6.45, 7) is 2.44. The van der Waals surface area contributed by atoms with Crippen molar-refractivity contribution in [1.82, 2.24) is 14.6 Å². The Morgan fingerprint density at radius 3 is 2.62 bits per heavy atom. The Labute approximate surface area is 193 Å². The molecular weight excluding hydrogens is 440 g/mol. The fourth-order valence-electron chi connectivity index (χ4n) is 3.49. The molecule has 5 rings (SSSR count). The van der Waals surface area contributed by atoms with Gasteiger partial charge in [0.15, 0.2) is 5.16 Å². The van der Waals surface area contributed by atoms with E-state index in [1.807, 2.05) is 84.1 Å². The van der Waals surface area contributed by atoms with Crippen molar-refractivity contribution >= 4 is 49.9 Å². The Morgan fingerprint density at radius 1 is 1.03 bits per heavy atom. The Bertz CT molecular complexity index is 1380. The van der Waals surface area contributed by atoms with E-state index in [1.165, 1.54) is 11.8 Å². The number of anilines is 1. The third-order valence-corrected chi connectivity index (χ3v) is 7.13. The predicted molar refractivity (Wildman–Crippen MR) is 130 cm³/mol. The Hall–Kier alpha value is -3.36. The molecule has 0 radical (unpaired) electrons. The van der Waals surface area contributed by atoms with Gasteiger partial charge in [-0.3, -0.25) is 9.20 Å². The van der Waals surface area contributed by atoms with E-state index in [9.17, 15) is 4.79 Å². The summed E-state index contributed by atoms with van der Waals surface area (Å²) in [5, 5.41) is 11.9. The normalized spacial score (nSPS) is 12.2. The first-order valence-electron chi connectivity index (χ1n) is 10.2. The number of nitrogens with one attached hydrogen (secondary N) is 1. The van der Waals surface area contributed by atoms with Crippen LogP contribution in [-0.4, -0.2) is 27.1 Å². The molecule has 0 fully saturated rings. The molecule has 0 aliphatic rings. The minimum Gasteiger partial charge on any atom is -0.492 e. The molecule has 3 aromatic carbocycles. The van der Waals surface area contributed by atoms with Crippen molar-refractivity contribution in [2.75, 3.05) is 11.9 Å². The number of hydrogen-bond acceptors (Lipinski definition) is 6. The molecule has 1 amide bonds. The van der Waals surface area contributed by atoms with E-state index in [-0.39, 0.29) is 5.91 Å². The van der Waals surface area contributed by atoms with E-state index in [1.54, 1.807) is 11.3 Å². The number of nitrogens with zero attached hydrogens (tertiary/aromatic N) is 3. The van der Waals surface area contributed by atoms with Crippen LogP contribution < -0.4 is 10.1 Å². The summed E-state index contributed by atoms with van der Waals surface area (Å²) in [6.07, 6.45) is 0. The lowest BCUT2D eigenvalue weighted by Crippen LogP contribution is -2.20. The van der Waals surface area contributed by atoms with Crippen LogP contribution in [0.4, 0.5) is 5.69 Å². The second-order valence-corrected chi connectivity index (χ2v) is 9.08. The molecule has 0 spiro atoms. The van der Waals surface area contributed by atoms with Gasteiger partial charge in [0.2, 0.25) is 10.9 Å². The first-order valence-corrected chi connectivity index (χ1v) is 11.9. The van der Waals surface area contributed by atoms with Gasteiger partial charge in [-0.05, 0) is 36.8 Å². The number of thiazole rings is 1. The van der Waals surface area contributed by atoms with Crippen LogP contribution in [0, 0.1) is 0 Å². The lowest BCUT2D eigenvalue weighted by molar-refractivity contribution is -0.115. The van der Waals surface area contributed by atoms with E-state index in [0.717, 1.165) is 20.7 Å². The van der Waals surface area contributed by atoms with E-state index in [4.69, 9.17) is 4.74 Å². The Kier molecular flexibility index (Phi) is 5.79. The number of amides is 1. The molecule has 32 heavy (non-hydrogen) atoms. The fourth-order valence-corrected chi connectivity index (χ4v) is 5.56. The number of carbonyl (C=O) groups excluding carboxylic acids is 1. The maximum absolute atomic E-state index is 13.5. The summed E-state index contributed by atoms with van der Waals surface area (Å²) < 4.78 is 8.82. The van der Waals surface area contributed by atoms with E-state index in [2.05, 4.69) is 21.6 Å². The van der Waals surface area contributed by atoms with Gasteiger partial charge >= 0.3 is 0 Å². The largest absolute Gasteiger partial charge is 0.492 e. The van der Waals surface area contributed by atoms with Crippen molar-refractivity contribution in [3.05, 3.63) is 84.4 Å². The summed E-state index contributed by atoms with van der Waals surface area (Å²) in [6, 6.07) is 25.3. The van der Waals surface area contributed by atoms with Gasteiger partial charge in [-0.2, -0.15) is 0 Å². The molecule has 1 atom stereocenters. The number of thioether (sulfide) groups is 1. The van der Waals surface area contributed by atoms with Crippen LogP contribution >= 0.6 is 23.1 Å². The highest BCUT2D eigenvalue weighted by molar-refractivity contribution is 8.00. The maximum Gasteiger partial charge on any atom is 0.242 e. The molecule has 8 heteroatoms. The number of fused-ring (bicyclic) bond motifs is 3. The van der Waals surface area contributed by atoms with Crippen LogP contribution in [-0.2, 0) is 4.79 Å². The molecule has 5 aromatic rings. The van der Waals surface area contributed by atoms with Crippen LogP contribution in [0.3, 0.4) is 0 Å². The van der Waals surface area contributed by atoms with Gasteiger partial charge in [0.05, 0.1) is 22.5 Å². The molecule has 0 saturated heterocycles. The molecular formula is C24H20N4O2S2. The van der Waals surface area contributed by atoms with Gasteiger partial charge in [-0.15, -0.1) is 10.2 Å². The Balaban J connectivity index is 1.51. The number of para-hydroxylation sites is 3. The molecule has 6 nitrogen and oxygen atoms in total. The molecule has 0 unspecified atom stereocenters. The first kappa shape index (κ1) is 20.5. The average molecular weight is 461 g/mol. The molecule has 2 aromatic heterocycles. The van der Waals surface area contributed by atoms with Gasteiger partial charge in [0, 0.05) is 0 Å². The van der Waals surface area contributed by atoms with Crippen LogP contribution in [0.25, 0.3) is 15.2 Å². The van der Waals surface area contributed by atoms with E-state index < -0.39 is 5.25 Å². The molecule has 0 aliphatic heterocycles. The average Bonchev–Trinajstić information content (AvgIpc) is 3.39. The molecule has 0 aliphatic carbocycles. The first-order chi connectivity index (χ1) is 15.7. The summed E-state index contributed by atoms with van der Waals surface area (Å²) in [4.78, 5) is 14.3. The lowest BCUT2D eigenvalue weighted by Gasteiger charge is -2.17. The second-order valence-electron chi connectivity index (χ2n) is 7.00. The number of benzene rings is 3. The lowest BCUT2D eigenvalue weighted by atomic mass is 10.1. The SMILES string of the molecule is CCOc1ccccc1NC(=O)[C@H](Sc1nnc2sc3ccccc3n12)c1ccccc1. The van der Waals surface area contributed by atoms with Crippen LogP contribution in [0.15, 0.2) is 84.0 Å². The van der Waals surface area contributed by atoms with Crippen molar-refractivity contribution in [2.24, 2.45) is 0 Å². The zero-order valence-corrected chi connectivity index (χ0v) is 18.9. The van der Waals surface area contributed by atoms with E-state index in [0.29, 0.717) is 23.2 Å². The number of aromatic nitrogens is 3. The topological polar surface area (TPSA) is 68.5 Å². The highest BCUT2D eigenvalue weighted by atomic mass is 32.2. The van der Waals surface area contributed by atoms with Crippen molar-refractivity contribution in [3.63, 3.8) is 0 Å². The van der Waals surface area contributed by atoms with Gasteiger partial charge in [-0.25, -0.2) is 0 Å². The highest BCUT2D eigenvalue weighted by Crippen LogP contribution is 2.38. The quantitative estimate of drug-likeness (QED) is 0.310. The molecule has 0 bridgehead atoms. The summed E-state index contributed by atoms with van der Waals surface area (Å²) in [5.41, 5.74) is 2.57. The zero-order chi connectivity index (χ0) is 21.9. The maximum atomic E-state index is 13.5. The molecule has 2 heterocycles. The van der Waals surface area contributed by atoms with Crippen LogP contribution in [0.2, 0.25) is 0 Å². The third kappa shape index (κ3) is 3.94. The zero-order valence-electron chi connectivity index (χ0n) is 17.3. The Morgan fingerprint density at radius 2 is 1.78 bits per heavy atom. The van der Waals surface area contributed by atoms with Crippen molar-refractivity contribution in [2.45, 2.75) is 17.3 Å². The van der Waals surface area contributed by atoms with Gasteiger partial charge in [0.1, 0.15) is 11.0 Å².